The molecule has 2 N–H and O–H groups in total. The highest BCUT2D eigenvalue weighted by molar-refractivity contribution is 5.73. The minimum Gasteiger partial charge on any atom is -0.480 e. The number of piperidine rings is 1. The summed E-state index contributed by atoms with van der Waals surface area (Å²) in [6.45, 7) is 10.5. The first-order valence-corrected chi connectivity index (χ1v) is 7.57. The van der Waals surface area contributed by atoms with Gasteiger partial charge in [0.15, 0.2) is 0 Å². The van der Waals surface area contributed by atoms with Crippen molar-refractivity contribution in [3.05, 3.63) is 0 Å². The third-order valence-electron chi connectivity index (χ3n) is 3.49. The van der Waals surface area contributed by atoms with Gasteiger partial charge in [0.1, 0.15) is 11.6 Å². The molecule has 1 amide bonds. The van der Waals surface area contributed by atoms with Crippen LogP contribution in [0, 0.1) is 5.92 Å². The zero-order valence-corrected chi connectivity index (χ0v) is 13.7. The fraction of sp³-hybridized carbons (Fsp3) is 0.867. The van der Waals surface area contributed by atoms with E-state index >= 15 is 0 Å². The van der Waals surface area contributed by atoms with Crippen LogP contribution in [0.4, 0.5) is 4.79 Å². The predicted octanol–water partition coefficient (Wildman–Crippen LogP) is 2.08. The average molecular weight is 300 g/mol. The van der Waals surface area contributed by atoms with E-state index in [1.54, 1.807) is 4.90 Å². The van der Waals surface area contributed by atoms with E-state index in [0.29, 0.717) is 13.1 Å². The molecule has 0 aromatic rings. The molecule has 1 aliphatic rings. The number of carbonyl (C=O) groups excluding carboxylic acids is 1. The predicted molar refractivity (Wildman–Crippen MR) is 80.2 cm³/mol. The minimum absolute atomic E-state index is 0.0337. The van der Waals surface area contributed by atoms with Gasteiger partial charge in [-0.25, -0.2) is 4.79 Å². The highest BCUT2D eigenvalue weighted by atomic mass is 16.6. The Morgan fingerprint density at radius 1 is 1.24 bits per heavy atom. The van der Waals surface area contributed by atoms with Gasteiger partial charge in [-0.05, 0) is 39.5 Å². The first kappa shape index (κ1) is 17.8. The zero-order chi connectivity index (χ0) is 16.2. The maximum atomic E-state index is 11.9. The molecule has 1 saturated heterocycles. The summed E-state index contributed by atoms with van der Waals surface area (Å²) in [4.78, 5) is 24.8. The first-order valence-electron chi connectivity index (χ1n) is 7.57. The van der Waals surface area contributed by atoms with Gasteiger partial charge in [0.05, 0.1) is 0 Å². The maximum Gasteiger partial charge on any atom is 0.410 e. The molecule has 0 saturated carbocycles. The van der Waals surface area contributed by atoms with E-state index < -0.39 is 17.6 Å². The zero-order valence-electron chi connectivity index (χ0n) is 13.7. The summed E-state index contributed by atoms with van der Waals surface area (Å²) in [5.74, 6) is -0.786. The maximum absolute atomic E-state index is 11.9. The van der Waals surface area contributed by atoms with E-state index in [1.807, 2.05) is 34.6 Å². The Morgan fingerprint density at radius 2 is 1.76 bits per heavy atom. The molecule has 0 spiro atoms. The summed E-state index contributed by atoms with van der Waals surface area (Å²) < 4.78 is 5.34. The average Bonchev–Trinajstić information content (AvgIpc) is 2.33. The molecule has 6 nitrogen and oxygen atoms in total. The van der Waals surface area contributed by atoms with Crippen LogP contribution in [0.5, 0.6) is 0 Å². The molecule has 122 valence electrons. The van der Waals surface area contributed by atoms with Crippen LogP contribution in [-0.2, 0) is 9.53 Å². The Labute approximate surface area is 126 Å². The van der Waals surface area contributed by atoms with Crippen molar-refractivity contribution >= 4 is 12.1 Å². The van der Waals surface area contributed by atoms with Gasteiger partial charge in [0.25, 0.3) is 0 Å². The number of hydrogen-bond acceptors (Lipinski definition) is 4. The van der Waals surface area contributed by atoms with Crippen LogP contribution in [0.3, 0.4) is 0 Å². The van der Waals surface area contributed by atoms with E-state index in [4.69, 9.17) is 4.74 Å². The molecule has 0 aliphatic carbocycles. The van der Waals surface area contributed by atoms with Gasteiger partial charge in [-0.15, -0.1) is 0 Å². The lowest BCUT2D eigenvalue weighted by Gasteiger charge is -2.35. The van der Waals surface area contributed by atoms with E-state index in [0.717, 1.165) is 12.8 Å². The van der Waals surface area contributed by atoms with Crippen LogP contribution in [0.15, 0.2) is 0 Å². The quantitative estimate of drug-likeness (QED) is 0.831. The normalized spacial score (nSPS) is 18.7. The fourth-order valence-corrected chi connectivity index (χ4v) is 2.36. The van der Waals surface area contributed by atoms with E-state index in [2.05, 4.69) is 5.32 Å². The molecule has 0 aromatic heterocycles. The number of likely N-dealkylation sites (tertiary alicyclic amines) is 1. The van der Waals surface area contributed by atoms with Crippen molar-refractivity contribution in [3.63, 3.8) is 0 Å². The lowest BCUT2D eigenvalue weighted by molar-refractivity contribution is -0.141. The Balaban J connectivity index is 2.45. The van der Waals surface area contributed by atoms with E-state index in [-0.39, 0.29) is 18.1 Å². The molecule has 0 aromatic carbocycles. The van der Waals surface area contributed by atoms with Crippen molar-refractivity contribution in [2.75, 3.05) is 13.1 Å². The van der Waals surface area contributed by atoms with Gasteiger partial charge >= 0.3 is 12.1 Å². The van der Waals surface area contributed by atoms with Crippen LogP contribution in [-0.4, -0.2) is 52.8 Å². The highest BCUT2D eigenvalue weighted by Gasteiger charge is 2.30. The number of carboxylic acids is 1. The molecular formula is C15H28N2O4. The minimum atomic E-state index is -0.820. The van der Waals surface area contributed by atoms with Gasteiger partial charge in [0, 0.05) is 19.1 Å². The third-order valence-corrected chi connectivity index (χ3v) is 3.49. The number of carboxylic acid groups (broad SMARTS) is 1. The number of nitrogens with zero attached hydrogens (tertiary/aromatic N) is 1. The molecule has 1 atom stereocenters. The molecule has 1 heterocycles. The Bertz CT molecular complexity index is 368. The summed E-state index contributed by atoms with van der Waals surface area (Å²) in [5, 5.41) is 12.4. The number of aliphatic carboxylic acids is 1. The van der Waals surface area contributed by atoms with Gasteiger partial charge in [0.2, 0.25) is 0 Å². The second-order valence-electron chi connectivity index (χ2n) is 6.97. The van der Waals surface area contributed by atoms with Crippen molar-refractivity contribution in [2.24, 2.45) is 5.92 Å². The highest BCUT2D eigenvalue weighted by Crippen LogP contribution is 2.16. The summed E-state index contributed by atoms with van der Waals surface area (Å²) >= 11 is 0. The second kappa shape index (κ2) is 7.11. The van der Waals surface area contributed by atoms with Crippen LogP contribution >= 0.6 is 0 Å². The van der Waals surface area contributed by atoms with Crippen molar-refractivity contribution in [2.45, 2.75) is 65.1 Å². The first-order chi connectivity index (χ1) is 9.60. The summed E-state index contributed by atoms with van der Waals surface area (Å²) in [7, 11) is 0. The van der Waals surface area contributed by atoms with Gasteiger partial charge in [-0.3, -0.25) is 4.79 Å². The fourth-order valence-electron chi connectivity index (χ4n) is 2.36. The number of amides is 1. The summed E-state index contributed by atoms with van der Waals surface area (Å²) in [6, 6.07) is -0.407. The van der Waals surface area contributed by atoms with Crippen LogP contribution in [0.25, 0.3) is 0 Å². The molecule has 0 unspecified atom stereocenters. The molecule has 0 bridgehead atoms. The second-order valence-corrected chi connectivity index (χ2v) is 6.97. The van der Waals surface area contributed by atoms with Crippen molar-refractivity contribution in [1.29, 1.82) is 0 Å². The largest absolute Gasteiger partial charge is 0.480 e. The monoisotopic (exact) mass is 300 g/mol. The molecule has 1 aliphatic heterocycles. The number of rotatable bonds is 4. The lowest BCUT2D eigenvalue weighted by Crippen LogP contribution is -2.52. The molecule has 21 heavy (non-hydrogen) atoms. The van der Waals surface area contributed by atoms with E-state index in [9.17, 15) is 14.7 Å². The van der Waals surface area contributed by atoms with Gasteiger partial charge < -0.3 is 20.1 Å². The van der Waals surface area contributed by atoms with Crippen molar-refractivity contribution in [3.8, 4) is 0 Å². The standard InChI is InChI=1S/C15H28N2O4/c1-10(2)12(13(18)19)16-11-6-8-17(9-7-11)14(20)21-15(3,4)5/h10-12,16H,6-9H2,1-5H3,(H,18,19)/t12-/m1/s1. The molecule has 6 heteroatoms. The Morgan fingerprint density at radius 3 is 2.14 bits per heavy atom. The smallest absolute Gasteiger partial charge is 0.410 e. The molecule has 1 fully saturated rings. The van der Waals surface area contributed by atoms with Crippen molar-refractivity contribution < 1.29 is 19.4 Å². The third kappa shape index (κ3) is 5.91. The topological polar surface area (TPSA) is 78.9 Å². The lowest BCUT2D eigenvalue weighted by atomic mass is 9.99. The summed E-state index contributed by atoms with van der Waals surface area (Å²) in [5.41, 5.74) is -0.488. The number of nitrogens with one attached hydrogen (secondary N) is 1. The number of ether oxygens (including phenoxy) is 1. The Kier molecular flexibility index (Phi) is 6.01. The number of carbonyl (C=O) groups is 2. The van der Waals surface area contributed by atoms with Crippen LogP contribution in [0.1, 0.15) is 47.5 Å². The van der Waals surface area contributed by atoms with Crippen molar-refractivity contribution in [1.82, 2.24) is 10.2 Å². The number of hydrogen-bond donors (Lipinski definition) is 2. The molecular weight excluding hydrogens is 272 g/mol. The van der Waals surface area contributed by atoms with Gasteiger partial charge in [-0.1, -0.05) is 13.8 Å². The Hall–Kier alpha value is -1.30. The SMILES string of the molecule is CC(C)[C@@H](NC1CCN(C(=O)OC(C)(C)C)CC1)C(=O)O. The van der Waals surface area contributed by atoms with Crippen LogP contribution < -0.4 is 5.32 Å². The van der Waals surface area contributed by atoms with Gasteiger partial charge in [-0.2, -0.15) is 0 Å². The van der Waals surface area contributed by atoms with E-state index in [1.165, 1.54) is 0 Å². The molecule has 1 rings (SSSR count). The molecule has 0 radical (unpaired) electrons. The van der Waals surface area contributed by atoms with Crippen LogP contribution in [0.2, 0.25) is 0 Å². The summed E-state index contributed by atoms with van der Waals surface area (Å²) in [6.07, 6.45) is 1.20.